The van der Waals surface area contributed by atoms with E-state index in [0.717, 1.165) is 11.8 Å². The zero-order chi connectivity index (χ0) is 12.4. The van der Waals surface area contributed by atoms with Crippen molar-refractivity contribution in [2.75, 3.05) is 12.6 Å². The van der Waals surface area contributed by atoms with Gasteiger partial charge in [0.05, 0.1) is 0 Å². The Kier molecular flexibility index (Phi) is 3.72. The van der Waals surface area contributed by atoms with Crippen molar-refractivity contribution in [2.45, 2.75) is 38.1 Å². The van der Waals surface area contributed by atoms with Gasteiger partial charge in [0, 0.05) is 0 Å². The Bertz CT molecular complexity index is 464. The second kappa shape index (κ2) is 5.46. The molecule has 3 rings (SSSR count). The number of fused-ring (bicyclic) bond motifs is 1. The fourth-order valence-electron chi connectivity index (χ4n) is 2.87. The van der Waals surface area contributed by atoms with Gasteiger partial charge in [0.25, 0.3) is 0 Å². The predicted octanol–water partition coefficient (Wildman–Crippen LogP) is 1.76. The molecule has 1 heterocycles. The maximum absolute atomic E-state index is 5.33. The molecule has 96 valence electrons. The Morgan fingerprint density at radius 1 is 1.22 bits per heavy atom. The van der Waals surface area contributed by atoms with Crippen LogP contribution in [-0.4, -0.2) is 44.3 Å². The molecule has 0 atom stereocenters. The van der Waals surface area contributed by atoms with Gasteiger partial charge in [-0.05, 0) is 0 Å². The molecule has 0 N–H and O–H groups in total. The normalized spacial score (nSPS) is 20.2. The van der Waals surface area contributed by atoms with E-state index in [2.05, 4.69) is 29.0 Å². The van der Waals surface area contributed by atoms with E-state index in [1.807, 2.05) is 0 Å². The topological polar surface area (TPSA) is 12.2 Å². The Balaban J connectivity index is 1.86. The van der Waals surface area contributed by atoms with E-state index >= 15 is 0 Å². The maximum atomic E-state index is 5.33. The molecule has 0 radical (unpaired) electrons. The second-order valence-corrected chi connectivity index (χ2v) is 7.18. The van der Waals surface area contributed by atoms with Gasteiger partial charge in [0.1, 0.15) is 0 Å². The zero-order valence-electron chi connectivity index (χ0n) is 10.9. The van der Waals surface area contributed by atoms with Crippen LogP contribution in [0.2, 0.25) is 0 Å². The first kappa shape index (κ1) is 12.3. The van der Waals surface area contributed by atoms with E-state index in [4.69, 9.17) is 4.74 Å². The molecule has 0 spiro atoms. The Morgan fingerprint density at radius 2 is 2.06 bits per heavy atom. The quantitative estimate of drug-likeness (QED) is 0.599. The molecule has 0 bridgehead atoms. The van der Waals surface area contributed by atoms with Crippen LogP contribution in [0.25, 0.3) is 0 Å². The summed E-state index contributed by atoms with van der Waals surface area (Å²) in [7, 11) is 1.74. The summed E-state index contributed by atoms with van der Waals surface area (Å²) in [4.78, 5) is 0. The summed E-state index contributed by atoms with van der Waals surface area (Å²) in [5.41, 5.74) is 2.63. The van der Waals surface area contributed by atoms with Gasteiger partial charge in [-0.25, -0.2) is 0 Å². The summed E-state index contributed by atoms with van der Waals surface area (Å²) in [6.45, 7) is 0. The number of methoxy groups -OCH3 is 1. The average molecular weight is 309 g/mol. The van der Waals surface area contributed by atoms with Crippen molar-refractivity contribution in [3.63, 3.8) is 0 Å². The van der Waals surface area contributed by atoms with Crippen LogP contribution in [0.4, 0.5) is 0 Å². The molecule has 1 aromatic rings. The van der Waals surface area contributed by atoms with Crippen molar-refractivity contribution in [1.82, 2.24) is 0 Å². The van der Waals surface area contributed by atoms with Gasteiger partial charge in [0.15, 0.2) is 0 Å². The molecule has 3 heteroatoms. The van der Waals surface area contributed by atoms with Crippen LogP contribution in [-0.2, 0) is 0 Å². The first-order chi connectivity index (χ1) is 8.86. The van der Waals surface area contributed by atoms with Crippen molar-refractivity contribution < 1.29 is 9.31 Å². The molecule has 0 amide bonds. The molecule has 0 aromatic heterocycles. The number of ether oxygens (including phenoxy) is 1. The van der Waals surface area contributed by atoms with Crippen molar-refractivity contribution in [2.24, 2.45) is 0 Å². The molecular weight excluding hydrogens is 289 g/mol. The predicted molar refractivity (Wildman–Crippen MR) is 75.5 cm³/mol. The number of hydrogen-bond acceptors (Lipinski definition) is 1. The first-order valence-electron chi connectivity index (χ1n) is 6.78. The molecule has 0 saturated heterocycles. The molecule has 1 saturated carbocycles. The van der Waals surface area contributed by atoms with Gasteiger partial charge < -0.3 is 0 Å². The van der Waals surface area contributed by atoms with Crippen LogP contribution in [0, 0.1) is 0 Å². The van der Waals surface area contributed by atoms with E-state index in [-0.39, 0.29) is 0 Å². The van der Waals surface area contributed by atoms with Crippen molar-refractivity contribution in [3.8, 4) is 5.75 Å². The minimum atomic E-state index is 0.591. The Labute approximate surface area is 115 Å². The van der Waals surface area contributed by atoms with Gasteiger partial charge >= 0.3 is 115 Å². The first-order valence-corrected chi connectivity index (χ1v) is 8.85. The van der Waals surface area contributed by atoms with Gasteiger partial charge in [-0.2, -0.15) is 0 Å². The summed E-state index contributed by atoms with van der Waals surface area (Å²) in [5, 5.41) is 0. The van der Waals surface area contributed by atoms with Gasteiger partial charge in [-0.3, -0.25) is 0 Å². The monoisotopic (exact) mass is 310 g/mol. The number of hydrogen-bond donors (Lipinski definition) is 0. The van der Waals surface area contributed by atoms with Crippen molar-refractivity contribution in [1.29, 1.82) is 0 Å². The van der Waals surface area contributed by atoms with E-state index < -0.39 is 0 Å². The molecule has 1 aromatic carbocycles. The summed E-state index contributed by atoms with van der Waals surface area (Å²) in [5.74, 6) is 0.978. The fourth-order valence-corrected chi connectivity index (χ4v) is 5.00. The molecule has 2 aliphatic rings. The van der Waals surface area contributed by atoms with Crippen LogP contribution in [0.5, 0.6) is 5.75 Å². The van der Waals surface area contributed by atoms with Crippen LogP contribution in [0.3, 0.4) is 0 Å². The van der Waals surface area contributed by atoms with Crippen LogP contribution < -0.4 is 9.20 Å². The number of benzene rings is 1. The number of nitrogens with zero attached hydrogens (tertiary/aromatic N) is 1. The van der Waals surface area contributed by atoms with Crippen molar-refractivity contribution >= 4 is 25.6 Å². The second-order valence-electron chi connectivity index (χ2n) is 5.11. The van der Waals surface area contributed by atoms with E-state index in [1.54, 1.807) is 7.11 Å². The number of rotatable bonds is 2. The summed E-state index contributed by atoms with van der Waals surface area (Å²) < 4.78 is 9.45. The third-order valence-electron chi connectivity index (χ3n) is 3.93. The third-order valence-corrected chi connectivity index (χ3v) is 6.26. The van der Waals surface area contributed by atoms with Crippen LogP contribution >= 0.6 is 0 Å². The molecule has 1 aliphatic heterocycles. The SMILES string of the molecule is COc1ccc2c(c1)C=[N+](C1CCCCC1)C[Se]2. The fraction of sp³-hybridized carbons (Fsp3) is 0.533. The summed E-state index contributed by atoms with van der Waals surface area (Å²) in [6, 6.07) is 7.31. The third kappa shape index (κ3) is 2.48. The van der Waals surface area contributed by atoms with Crippen LogP contribution in [0.1, 0.15) is 37.7 Å². The molecular formula is C15H20NOSe+. The van der Waals surface area contributed by atoms with Gasteiger partial charge in [0.2, 0.25) is 0 Å². The Hall–Kier alpha value is -0.791. The average Bonchev–Trinajstić information content (AvgIpc) is 2.47. The summed E-state index contributed by atoms with van der Waals surface area (Å²) >= 11 is 0.591. The van der Waals surface area contributed by atoms with Crippen molar-refractivity contribution in [3.05, 3.63) is 23.8 Å². The molecule has 18 heavy (non-hydrogen) atoms. The van der Waals surface area contributed by atoms with E-state index in [0.29, 0.717) is 15.0 Å². The molecule has 1 aliphatic carbocycles. The molecule has 2 nitrogen and oxygen atoms in total. The van der Waals surface area contributed by atoms with Crippen LogP contribution in [0.15, 0.2) is 18.2 Å². The zero-order valence-corrected chi connectivity index (χ0v) is 12.6. The van der Waals surface area contributed by atoms with E-state index in [1.165, 1.54) is 47.6 Å². The summed E-state index contributed by atoms with van der Waals surface area (Å²) in [6.07, 6.45) is 9.39. The standard InChI is InChI=1S/C15H20NOSe/c1-17-14-7-8-15-12(9-14)10-16(11-18-15)13-5-3-2-4-6-13/h7-10,13H,2-6,11H2,1H3/q+1. The van der Waals surface area contributed by atoms with Gasteiger partial charge in [-0.15, -0.1) is 0 Å². The molecule has 1 fully saturated rings. The van der Waals surface area contributed by atoms with E-state index in [9.17, 15) is 0 Å². The van der Waals surface area contributed by atoms with Gasteiger partial charge in [-0.1, -0.05) is 0 Å². The molecule has 0 unspecified atom stereocenters. The minimum absolute atomic E-state index is 0.591. The Morgan fingerprint density at radius 3 is 2.83 bits per heavy atom.